The summed E-state index contributed by atoms with van der Waals surface area (Å²) in [5.41, 5.74) is 3.98. The van der Waals surface area contributed by atoms with Gasteiger partial charge in [-0.2, -0.15) is 5.10 Å². The molecule has 0 radical (unpaired) electrons. The third-order valence-corrected chi connectivity index (χ3v) is 5.63. The number of halogens is 2. The number of benzene rings is 2. The van der Waals surface area contributed by atoms with Gasteiger partial charge in [-0.1, -0.05) is 47.0 Å². The van der Waals surface area contributed by atoms with Gasteiger partial charge in [0.15, 0.2) is 5.65 Å². The zero-order valence-corrected chi connectivity index (χ0v) is 16.2. The van der Waals surface area contributed by atoms with Gasteiger partial charge in [0.1, 0.15) is 11.4 Å². The number of hydrogen-bond donors (Lipinski definition) is 0. The standard InChI is InChI=1S/C19H14Cl2N4S/c1-12-2-6-15(7-3-12)25-18-16(9-24-25)19(23-11-22-18)26-10-13-4-5-14(20)8-17(13)21/h2-9,11H,10H2,1H3. The Labute approximate surface area is 165 Å². The summed E-state index contributed by atoms with van der Waals surface area (Å²) in [6, 6.07) is 13.7. The molecule has 0 atom stereocenters. The van der Waals surface area contributed by atoms with Crippen LogP contribution >= 0.6 is 35.0 Å². The minimum Gasteiger partial charge on any atom is -0.229 e. The summed E-state index contributed by atoms with van der Waals surface area (Å²) in [5.74, 6) is 0.692. The van der Waals surface area contributed by atoms with E-state index < -0.39 is 0 Å². The molecule has 0 amide bonds. The SMILES string of the molecule is Cc1ccc(-n2ncc3c(SCc4ccc(Cl)cc4Cl)ncnc32)cc1. The van der Waals surface area contributed by atoms with Crippen molar-refractivity contribution in [3.63, 3.8) is 0 Å². The first-order chi connectivity index (χ1) is 12.6. The molecule has 0 aliphatic carbocycles. The van der Waals surface area contributed by atoms with Gasteiger partial charge in [-0.05, 0) is 36.8 Å². The van der Waals surface area contributed by atoms with E-state index in [1.54, 1.807) is 30.4 Å². The number of rotatable bonds is 4. The van der Waals surface area contributed by atoms with Crippen molar-refractivity contribution >= 4 is 46.0 Å². The van der Waals surface area contributed by atoms with E-state index in [9.17, 15) is 0 Å². The fraction of sp³-hybridized carbons (Fsp3) is 0.105. The van der Waals surface area contributed by atoms with Gasteiger partial charge in [0.25, 0.3) is 0 Å². The number of aromatic nitrogens is 4. The first-order valence-corrected chi connectivity index (χ1v) is 9.68. The highest BCUT2D eigenvalue weighted by molar-refractivity contribution is 7.98. The number of fused-ring (bicyclic) bond motifs is 1. The summed E-state index contributed by atoms with van der Waals surface area (Å²) in [6.45, 7) is 2.06. The molecule has 0 aliphatic heterocycles. The second-order valence-electron chi connectivity index (χ2n) is 5.83. The van der Waals surface area contributed by atoms with Crippen molar-refractivity contribution in [2.75, 3.05) is 0 Å². The molecule has 2 aromatic carbocycles. The topological polar surface area (TPSA) is 43.6 Å². The van der Waals surface area contributed by atoms with Gasteiger partial charge < -0.3 is 0 Å². The monoisotopic (exact) mass is 400 g/mol. The lowest BCUT2D eigenvalue weighted by Gasteiger charge is -2.06. The Morgan fingerprint density at radius 1 is 1.04 bits per heavy atom. The molecule has 0 N–H and O–H groups in total. The molecule has 4 nitrogen and oxygen atoms in total. The van der Waals surface area contributed by atoms with Gasteiger partial charge in [-0.15, -0.1) is 11.8 Å². The number of aryl methyl sites for hydroxylation is 1. The van der Waals surface area contributed by atoms with Crippen LogP contribution in [-0.2, 0) is 5.75 Å². The second-order valence-corrected chi connectivity index (χ2v) is 7.64. The lowest BCUT2D eigenvalue weighted by atomic mass is 10.2. The van der Waals surface area contributed by atoms with Gasteiger partial charge in [-0.3, -0.25) is 0 Å². The van der Waals surface area contributed by atoms with E-state index >= 15 is 0 Å². The van der Waals surface area contributed by atoms with Crippen molar-refractivity contribution in [2.45, 2.75) is 17.7 Å². The van der Waals surface area contributed by atoms with Crippen LogP contribution in [0.2, 0.25) is 10.0 Å². The Bertz CT molecular complexity index is 1080. The molecule has 0 saturated heterocycles. The lowest BCUT2D eigenvalue weighted by Crippen LogP contribution is -1.98. The Balaban J connectivity index is 1.65. The van der Waals surface area contributed by atoms with Crippen LogP contribution in [-0.4, -0.2) is 19.7 Å². The number of thioether (sulfide) groups is 1. The highest BCUT2D eigenvalue weighted by atomic mass is 35.5. The van der Waals surface area contributed by atoms with Crippen molar-refractivity contribution < 1.29 is 0 Å². The Morgan fingerprint density at radius 3 is 2.62 bits per heavy atom. The molecule has 0 bridgehead atoms. The fourth-order valence-corrected chi connectivity index (χ4v) is 4.12. The van der Waals surface area contributed by atoms with Crippen LogP contribution in [0.25, 0.3) is 16.7 Å². The van der Waals surface area contributed by atoms with E-state index in [1.165, 1.54) is 5.56 Å². The third-order valence-electron chi connectivity index (χ3n) is 3.99. The molecule has 2 heterocycles. The summed E-state index contributed by atoms with van der Waals surface area (Å²) in [4.78, 5) is 8.84. The van der Waals surface area contributed by atoms with Crippen molar-refractivity contribution in [1.82, 2.24) is 19.7 Å². The Hall–Kier alpha value is -2.08. The maximum atomic E-state index is 6.26. The first kappa shape index (κ1) is 17.3. The second kappa shape index (κ2) is 7.27. The molecule has 0 aliphatic rings. The van der Waals surface area contributed by atoms with Gasteiger partial charge in [0, 0.05) is 15.8 Å². The van der Waals surface area contributed by atoms with Crippen molar-refractivity contribution in [2.24, 2.45) is 0 Å². The van der Waals surface area contributed by atoms with E-state index in [0.717, 1.165) is 27.3 Å². The smallest absolute Gasteiger partial charge is 0.167 e. The molecule has 0 saturated carbocycles. The highest BCUT2D eigenvalue weighted by Crippen LogP contribution is 2.31. The van der Waals surface area contributed by atoms with E-state index in [1.807, 2.05) is 28.9 Å². The Kier molecular flexibility index (Phi) is 4.85. The molecule has 26 heavy (non-hydrogen) atoms. The molecule has 4 rings (SSSR count). The van der Waals surface area contributed by atoms with Crippen molar-refractivity contribution in [3.05, 3.63) is 76.2 Å². The third kappa shape index (κ3) is 3.43. The van der Waals surface area contributed by atoms with Gasteiger partial charge in [-0.25, -0.2) is 14.6 Å². The largest absolute Gasteiger partial charge is 0.229 e. The van der Waals surface area contributed by atoms with Crippen LogP contribution in [0.4, 0.5) is 0 Å². The van der Waals surface area contributed by atoms with Crippen molar-refractivity contribution in [3.8, 4) is 5.69 Å². The van der Waals surface area contributed by atoms with Gasteiger partial charge in [0.05, 0.1) is 17.3 Å². The van der Waals surface area contributed by atoms with E-state index in [2.05, 4.69) is 34.1 Å². The molecular formula is C19H14Cl2N4S. The van der Waals surface area contributed by atoms with Gasteiger partial charge >= 0.3 is 0 Å². The van der Waals surface area contributed by atoms with Crippen LogP contribution in [0.3, 0.4) is 0 Å². The minimum absolute atomic E-state index is 0.632. The summed E-state index contributed by atoms with van der Waals surface area (Å²) in [6.07, 6.45) is 3.38. The normalized spacial score (nSPS) is 11.2. The summed E-state index contributed by atoms with van der Waals surface area (Å²) >= 11 is 13.8. The Morgan fingerprint density at radius 2 is 1.85 bits per heavy atom. The molecule has 2 aromatic heterocycles. The summed E-state index contributed by atoms with van der Waals surface area (Å²) in [5, 5.41) is 7.58. The van der Waals surface area contributed by atoms with Crippen LogP contribution in [0, 0.1) is 6.92 Å². The minimum atomic E-state index is 0.632. The van der Waals surface area contributed by atoms with Crippen molar-refractivity contribution in [1.29, 1.82) is 0 Å². The molecule has 130 valence electrons. The predicted octanol–water partition coefficient (Wildman–Crippen LogP) is 5.72. The fourth-order valence-electron chi connectivity index (χ4n) is 2.60. The van der Waals surface area contributed by atoms with Gasteiger partial charge in [0.2, 0.25) is 0 Å². The van der Waals surface area contributed by atoms with Crippen LogP contribution in [0.5, 0.6) is 0 Å². The molecular weight excluding hydrogens is 387 g/mol. The maximum Gasteiger partial charge on any atom is 0.167 e. The zero-order valence-electron chi connectivity index (χ0n) is 13.9. The van der Waals surface area contributed by atoms with Crippen LogP contribution < -0.4 is 0 Å². The molecule has 4 aromatic rings. The van der Waals surface area contributed by atoms with E-state index in [-0.39, 0.29) is 0 Å². The van der Waals surface area contributed by atoms with E-state index in [0.29, 0.717) is 15.8 Å². The highest BCUT2D eigenvalue weighted by Gasteiger charge is 2.12. The zero-order chi connectivity index (χ0) is 18.1. The lowest BCUT2D eigenvalue weighted by molar-refractivity contribution is 0.893. The van der Waals surface area contributed by atoms with E-state index in [4.69, 9.17) is 23.2 Å². The quantitative estimate of drug-likeness (QED) is 0.324. The molecule has 7 heteroatoms. The molecule has 0 spiro atoms. The average molecular weight is 401 g/mol. The molecule has 0 fully saturated rings. The predicted molar refractivity (Wildman–Crippen MR) is 107 cm³/mol. The summed E-state index contributed by atoms with van der Waals surface area (Å²) in [7, 11) is 0. The maximum absolute atomic E-state index is 6.26. The average Bonchev–Trinajstić information content (AvgIpc) is 3.06. The number of hydrogen-bond acceptors (Lipinski definition) is 4. The van der Waals surface area contributed by atoms with Crippen LogP contribution in [0.15, 0.2) is 60.0 Å². The molecule has 0 unspecified atom stereocenters. The number of nitrogens with zero attached hydrogens (tertiary/aromatic N) is 4. The van der Waals surface area contributed by atoms with Crippen LogP contribution in [0.1, 0.15) is 11.1 Å². The summed E-state index contributed by atoms with van der Waals surface area (Å²) < 4.78 is 1.83. The first-order valence-electron chi connectivity index (χ1n) is 7.94.